The van der Waals surface area contributed by atoms with Crippen molar-refractivity contribution in [2.75, 3.05) is 11.1 Å². The van der Waals surface area contributed by atoms with Crippen LogP contribution < -0.4 is 21.5 Å². The molecule has 1 aliphatic carbocycles. The molecule has 2 aromatic rings. The molecule has 0 atom stereocenters. The first-order valence-corrected chi connectivity index (χ1v) is 9.95. The van der Waals surface area contributed by atoms with E-state index in [9.17, 15) is 4.79 Å². The molecule has 1 saturated carbocycles. The second-order valence-electron chi connectivity index (χ2n) is 5.57. The number of anilines is 2. The number of hydrogen-bond acceptors (Lipinski definition) is 7. The summed E-state index contributed by atoms with van der Waals surface area (Å²) in [5.41, 5.74) is 7.41. The maximum Gasteiger partial charge on any atom is 0.248 e. The van der Waals surface area contributed by atoms with E-state index in [-0.39, 0.29) is 11.7 Å². The number of nitrogens with zero attached hydrogens (tertiary/aromatic N) is 2. The van der Waals surface area contributed by atoms with E-state index >= 15 is 0 Å². The summed E-state index contributed by atoms with van der Waals surface area (Å²) in [4.78, 5) is 11.8. The minimum atomic E-state index is -0.173. The highest BCUT2D eigenvalue weighted by molar-refractivity contribution is 8.01. The highest BCUT2D eigenvalue weighted by Crippen LogP contribution is 2.27. The molecule has 0 aliphatic heterocycles. The minimum Gasteiger partial charge on any atom is -0.359 e. The summed E-state index contributed by atoms with van der Waals surface area (Å²) in [6.45, 7) is 2.04. The lowest BCUT2D eigenvalue weighted by atomic mass is 10.2. The van der Waals surface area contributed by atoms with Crippen molar-refractivity contribution in [2.45, 2.75) is 30.1 Å². The van der Waals surface area contributed by atoms with Crippen molar-refractivity contribution in [3.8, 4) is 0 Å². The summed E-state index contributed by atoms with van der Waals surface area (Å²) in [6.07, 6.45) is 2.25. The fourth-order valence-corrected chi connectivity index (χ4v) is 3.61. The zero-order chi connectivity index (χ0) is 17.6. The zero-order valence-corrected chi connectivity index (χ0v) is 16.0. The van der Waals surface area contributed by atoms with Gasteiger partial charge < -0.3 is 10.6 Å². The number of amides is 1. The number of benzene rings is 1. The summed E-state index contributed by atoms with van der Waals surface area (Å²) >= 11 is 7.80. The van der Waals surface area contributed by atoms with E-state index in [1.165, 1.54) is 28.7 Å². The third-order valence-corrected chi connectivity index (χ3v) is 5.46. The largest absolute Gasteiger partial charge is 0.359 e. The molecule has 0 unspecified atom stereocenters. The number of aromatic nitrogens is 2. The van der Waals surface area contributed by atoms with E-state index in [1.54, 1.807) is 0 Å². The standard InChI is InChI=1S/C15H18N6OS3/c1-9-2-4-11(5-3-9)17-14-20-21-15(25-14)24-8-12(22)18-19-13(23)16-10-6-7-10/h2-5,10H,6-8H2,1H3,(H,17,20)(H,18,22)(H2,16,19,23). The topological polar surface area (TPSA) is 91.0 Å². The highest BCUT2D eigenvalue weighted by Gasteiger charge is 2.21. The molecule has 25 heavy (non-hydrogen) atoms. The molecular weight excluding hydrogens is 376 g/mol. The molecule has 1 aromatic carbocycles. The Morgan fingerprint density at radius 1 is 1.28 bits per heavy atom. The monoisotopic (exact) mass is 394 g/mol. The van der Waals surface area contributed by atoms with E-state index in [0.717, 1.165) is 22.9 Å². The van der Waals surface area contributed by atoms with E-state index in [4.69, 9.17) is 12.2 Å². The summed E-state index contributed by atoms with van der Waals surface area (Å²) in [6, 6.07) is 8.48. The Balaban J connectivity index is 1.39. The van der Waals surface area contributed by atoms with Crippen LogP contribution >= 0.6 is 35.3 Å². The summed E-state index contributed by atoms with van der Waals surface area (Å²) in [5.74, 6) is 0.0614. The second-order valence-corrected chi connectivity index (χ2v) is 8.18. The molecule has 3 rings (SSSR count). The van der Waals surface area contributed by atoms with Crippen molar-refractivity contribution in [2.24, 2.45) is 0 Å². The lowest BCUT2D eigenvalue weighted by Gasteiger charge is -2.10. The number of nitrogens with one attached hydrogen (secondary N) is 4. The van der Waals surface area contributed by atoms with Gasteiger partial charge in [0, 0.05) is 11.7 Å². The first-order valence-electron chi connectivity index (χ1n) is 7.74. The molecule has 0 spiro atoms. The number of thioether (sulfide) groups is 1. The van der Waals surface area contributed by atoms with Crippen LogP contribution in [0, 0.1) is 6.92 Å². The fraction of sp³-hybridized carbons (Fsp3) is 0.333. The van der Waals surface area contributed by atoms with Gasteiger partial charge in [-0.25, -0.2) is 0 Å². The smallest absolute Gasteiger partial charge is 0.248 e. The Morgan fingerprint density at radius 2 is 2.04 bits per heavy atom. The molecule has 1 fully saturated rings. The Kier molecular flexibility index (Phi) is 6.05. The molecule has 0 saturated heterocycles. The number of aryl methyl sites for hydroxylation is 1. The van der Waals surface area contributed by atoms with Crippen LogP contribution in [0.4, 0.5) is 10.8 Å². The first-order chi connectivity index (χ1) is 12.1. The van der Waals surface area contributed by atoms with Crippen molar-refractivity contribution < 1.29 is 4.79 Å². The van der Waals surface area contributed by atoms with Crippen molar-refractivity contribution in [1.29, 1.82) is 0 Å². The number of thiocarbonyl (C=S) groups is 1. The van der Waals surface area contributed by atoms with E-state index in [2.05, 4.69) is 31.7 Å². The molecule has 1 heterocycles. The lowest BCUT2D eigenvalue weighted by Crippen LogP contribution is -2.47. The molecule has 0 bridgehead atoms. The number of hydrogen-bond donors (Lipinski definition) is 4. The summed E-state index contributed by atoms with van der Waals surface area (Å²) in [7, 11) is 0. The average Bonchev–Trinajstić information content (AvgIpc) is 3.30. The van der Waals surface area contributed by atoms with E-state index < -0.39 is 0 Å². The summed E-state index contributed by atoms with van der Waals surface area (Å²) < 4.78 is 0.725. The van der Waals surface area contributed by atoms with Gasteiger partial charge in [0.25, 0.3) is 0 Å². The quantitative estimate of drug-likeness (QED) is 0.337. The minimum absolute atomic E-state index is 0.173. The van der Waals surface area contributed by atoms with E-state index in [0.29, 0.717) is 16.3 Å². The van der Waals surface area contributed by atoms with Gasteiger partial charge in [0.15, 0.2) is 9.45 Å². The van der Waals surface area contributed by atoms with Crippen LogP contribution in [-0.2, 0) is 4.79 Å². The molecular formula is C15H18N6OS3. The van der Waals surface area contributed by atoms with Crippen LogP contribution in [0.1, 0.15) is 18.4 Å². The summed E-state index contributed by atoms with van der Waals surface area (Å²) in [5, 5.41) is 15.6. The average molecular weight is 395 g/mol. The number of rotatable bonds is 6. The number of carbonyl (C=O) groups excluding carboxylic acids is 1. The van der Waals surface area contributed by atoms with Crippen LogP contribution in [0.2, 0.25) is 0 Å². The first kappa shape index (κ1) is 17.9. The number of carbonyl (C=O) groups is 1. The SMILES string of the molecule is Cc1ccc(Nc2nnc(SCC(=O)NNC(=S)NC3CC3)s2)cc1. The van der Waals surface area contributed by atoms with Gasteiger partial charge in [-0.2, -0.15) is 0 Å². The predicted molar refractivity (Wildman–Crippen MR) is 105 cm³/mol. The molecule has 1 aliphatic rings. The van der Waals surface area contributed by atoms with Gasteiger partial charge in [-0.3, -0.25) is 15.6 Å². The molecule has 10 heteroatoms. The van der Waals surface area contributed by atoms with Gasteiger partial charge in [0.2, 0.25) is 11.0 Å². The van der Waals surface area contributed by atoms with Gasteiger partial charge >= 0.3 is 0 Å². The van der Waals surface area contributed by atoms with Crippen molar-refractivity contribution >= 4 is 57.2 Å². The fourth-order valence-electron chi connectivity index (χ4n) is 1.82. The second kappa shape index (κ2) is 8.45. The lowest BCUT2D eigenvalue weighted by molar-refractivity contribution is -0.119. The van der Waals surface area contributed by atoms with E-state index in [1.807, 2.05) is 31.2 Å². The Labute approximate surface area is 159 Å². The molecule has 1 amide bonds. The van der Waals surface area contributed by atoms with Crippen molar-refractivity contribution in [3.63, 3.8) is 0 Å². The zero-order valence-electron chi connectivity index (χ0n) is 13.5. The molecule has 132 valence electrons. The normalized spacial score (nSPS) is 13.2. The number of hydrazine groups is 1. The van der Waals surface area contributed by atoms with Crippen molar-refractivity contribution in [1.82, 2.24) is 26.4 Å². The highest BCUT2D eigenvalue weighted by atomic mass is 32.2. The van der Waals surface area contributed by atoms with Crippen LogP contribution in [0.15, 0.2) is 28.6 Å². The third-order valence-electron chi connectivity index (χ3n) is 3.26. The third kappa shape index (κ3) is 6.15. The van der Waals surface area contributed by atoms with Gasteiger partial charge in [0.05, 0.1) is 5.75 Å². The molecule has 1 aromatic heterocycles. The Bertz CT molecular complexity index is 744. The maximum absolute atomic E-state index is 11.8. The van der Waals surface area contributed by atoms with Gasteiger partial charge in [0.1, 0.15) is 0 Å². The predicted octanol–water partition coefficient (Wildman–Crippen LogP) is 2.34. The van der Waals surface area contributed by atoms with Crippen LogP contribution in [0.3, 0.4) is 0 Å². The Hall–Kier alpha value is -1.91. The van der Waals surface area contributed by atoms with Gasteiger partial charge in [-0.05, 0) is 44.1 Å². The van der Waals surface area contributed by atoms with Gasteiger partial charge in [-0.1, -0.05) is 40.8 Å². The van der Waals surface area contributed by atoms with Crippen LogP contribution in [-0.4, -0.2) is 33.0 Å². The van der Waals surface area contributed by atoms with Crippen LogP contribution in [0.5, 0.6) is 0 Å². The Morgan fingerprint density at radius 3 is 2.76 bits per heavy atom. The maximum atomic E-state index is 11.8. The van der Waals surface area contributed by atoms with Crippen molar-refractivity contribution in [3.05, 3.63) is 29.8 Å². The van der Waals surface area contributed by atoms with Crippen LogP contribution in [0.25, 0.3) is 0 Å². The molecule has 0 radical (unpaired) electrons. The van der Waals surface area contributed by atoms with Gasteiger partial charge in [-0.15, -0.1) is 10.2 Å². The molecule has 7 nitrogen and oxygen atoms in total. The molecule has 4 N–H and O–H groups in total.